The van der Waals surface area contributed by atoms with Gasteiger partial charge < -0.3 is 14.6 Å². The van der Waals surface area contributed by atoms with Crippen molar-refractivity contribution < 1.29 is 14.3 Å². The highest BCUT2D eigenvalue weighted by atomic mass is 35.5. The SMILES string of the molecule is COc1ccccc1[C@H]1CN2C(=O)N(c3ccc(Cl)cc3Cl)C(=O)[C@]2(C)c2[nH]c3ccccc3c21. The summed E-state index contributed by atoms with van der Waals surface area (Å²) >= 11 is 12.5. The van der Waals surface area contributed by atoms with Gasteiger partial charge in [-0.3, -0.25) is 4.79 Å². The quantitative estimate of drug-likeness (QED) is 0.331. The predicted molar refractivity (Wildman–Crippen MR) is 137 cm³/mol. The highest BCUT2D eigenvalue weighted by Crippen LogP contribution is 2.52. The highest BCUT2D eigenvalue weighted by Gasteiger charge is 2.61. The summed E-state index contributed by atoms with van der Waals surface area (Å²) in [4.78, 5) is 34.2. The van der Waals surface area contributed by atoms with E-state index in [9.17, 15) is 9.59 Å². The molecule has 0 spiro atoms. The van der Waals surface area contributed by atoms with Crippen LogP contribution in [-0.2, 0) is 10.3 Å². The number of para-hydroxylation sites is 2. The van der Waals surface area contributed by atoms with Gasteiger partial charge in [-0.1, -0.05) is 59.6 Å². The molecular weight excluding hydrogens is 485 g/mol. The number of urea groups is 1. The number of hydrogen-bond donors (Lipinski definition) is 1. The van der Waals surface area contributed by atoms with E-state index in [1.165, 1.54) is 11.0 Å². The third kappa shape index (κ3) is 2.96. The normalized spacial score (nSPS) is 21.4. The third-order valence-electron chi connectivity index (χ3n) is 7.19. The number of rotatable bonds is 3. The van der Waals surface area contributed by atoms with Crippen LogP contribution in [0.1, 0.15) is 29.7 Å². The molecule has 2 atom stereocenters. The molecule has 0 bridgehead atoms. The van der Waals surface area contributed by atoms with E-state index >= 15 is 0 Å². The molecule has 6 rings (SSSR count). The first-order valence-electron chi connectivity index (χ1n) is 11.2. The molecular formula is C27H21Cl2N3O3. The fourth-order valence-corrected chi connectivity index (χ4v) is 5.99. The molecule has 0 aliphatic carbocycles. The van der Waals surface area contributed by atoms with Crippen LogP contribution in [0.25, 0.3) is 10.9 Å². The number of anilines is 1. The number of fused-ring (bicyclic) bond motifs is 5. The molecule has 3 amide bonds. The Morgan fingerprint density at radius 2 is 1.77 bits per heavy atom. The van der Waals surface area contributed by atoms with Crippen molar-refractivity contribution in [1.82, 2.24) is 9.88 Å². The lowest BCUT2D eigenvalue weighted by Gasteiger charge is -2.40. The van der Waals surface area contributed by atoms with Crippen LogP contribution >= 0.6 is 23.2 Å². The maximum atomic E-state index is 14.0. The number of nitrogens with zero attached hydrogens (tertiary/aromatic N) is 2. The van der Waals surface area contributed by atoms with Gasteiger partial charge >= 0.3 is 6.03 Å². The minimum atomic E-state index is -1.23. The van der Waals surface area contributed by atoms with Crippen molar-refractivity contribution in [2.24, 2.45) is 0 Å². The van der Waals surface area contributed by atoms with Crippen molar-refractivity contribution in [2.75, 3.05) is 18.6 Å². The maximum Gasteiger partial charge on any atom is 0.332 e. The van der Waals surface area contributed by atoms with Gasteiger partial charge in [-0.2, -0.15) is 0 Å². The molecule has 8 heteroatoms. The number of ether oxygens (including phenoxy) is 1. The van der Waals surface area contributed by atoms with Crippen LogP contribution in [0, 0.1) is 0 Å². The first-order valence-corrected chi connectivity index (χ1v) is 12.0. The van der Waals surface area contributed by atoms with Crippen LogP contribution in [0.3, 0.4) is 0 Å². The van der Waals surface area contributed by atoms with Gasteiger partial charge in [0.15, 0.2) is 5.54 Å². The smallest absolute Gasteiger partial charge is 0.332 e. The Labute approximate surface area is 212 Å². The molecule has 6 nitrogen and oxygen atoms in total. The fourth-order valence-electron chi connectivity index (χ4n) is 5.50. The van der Waals surface area contributed by atoms with Crippen LogP contribution < -0.4 is 9.64 Å². The average Bonchev–Trinajstić information content (AvgIpc) is 3.34. The Morgan fingerprint density at radius 3 is 2.54 bits per heavy atom. The number of hydrogen-bond acceptors (Lipinski definition) is 3. The molecule has 3 aromatic carbocycles. The number of methoxy groups -OCH3 is 1. The molecule has 0 radical (unpaired) electrons. The monoisotopic (exact) mass is 505 g/mol. The van der Waals surface area contributed by atoms with Crippen LogP contribution in [0.15, 0.2) is 66.7 Å². The minimum Gasteiger partial charge on any atom is -0.496 e. The van der Waals surface area contributed by atoms with Crippen LogP contribution in [0.5, 0.6) is 5.75 Å². The standard InChI is InChI=1S/C27H21Cl2N3O3/c1-27-24-23(17-8-3-5-9-20(17)30-24)18(16-7-4-6-10-22(16)35-2)14-31(27)26(34)32(25(27)33)21-12-11-15(28)13-19(21)29/h3-13,18,30H,14H2,1-2H3/t18-,27+/m1/s1. The van der Waals surface area contributed by atoms with Gasteiger partial charge in [0.1, 0.15) is 5.75 Å². The summed E-state index contributed by atoms with van der Waals surface area (Å²) in [6, 6.07) is 20.1. The minimum absolute atomic E-state index is 0.206. The summed E-state index contributed by atoms with van der Waals surface area (Å²) in [5.41, 5.74) is 2.64. The number of amides is 3. The average molecular weight is 506 g/mol. The summed E-state index contributed by atoms with van der Waals surface area (Å²) in [5, 5.41) is 1.68. The number of halogens is 2. The number of H-pyrrole nitrogens is 1. The molecule has 176 valence electrons. The molecule has 0 unspecified atom stereocenters. The van der Waals surface area contributed by atoms with Crippen LogP contribution in [0.2, 0.25) is 10.0 Å². The molecule has 4 aromatic rings. The van der Waals surface area contributed by atoms with Crippen LogP contribution in [-0.4, -0.2) is 35.5 Å². The van der Waals surface area contributed by atoms with E-state index in [2.05, 4.69) is 4.98 Å². The van der Waals surface area contributed by atoms with Crippen molar-refractivity contribution in [3.05, 3.63) is 93.6 Å². The number of carbonyl (C=O) groups excluding carboxylic acids is 2. The molecule has 1 fully saturated rings. The molecule has 1 saturated heterocycles. The number of imide groups is 1. The number of carbonyl (C=O) groups is 2. The zero-order valence-corrected chi connectivity index (χ0v) is 20.5. The summed E-state index contributed by atoms with van der Waals surface area (Å²) in [5.74, 6) is 0.161. The Hall–Kier alpha value is -3.48. The van der Waals surface area contributed by atoms with E-state index in [0.29, 0.717) is 22.9 Å². The van der Waals surface area contributed by atoms with Gasteiger partial charge in [0.2, 0.25) is 0 Å². The molecule has 1 N–H and O–H groups in total. The Bertz CT molecular complexity index is 1530. The van der Waals surface area contributed by atoms with Gasteiger partial charge in [0, 0.05) is 34.0 Å². The number of aromatic nitrogens is 1. The van der Waals surface area contributed by atoms with Crippen molar-refractivity contribution in [3.8, 4) is 5.75 Å². The van der Waals surface area contributed by atoms with E-state index in [4.69, 9.17) is 27.9 Å². The Balaban J connectivity index is 1.60. The van der Waals surface area contributed by atoms with E-state index in [1.54, 1.807) is 31.1 Å². The molecule has 35 heavy (non-hydrogen) atoms. The van der Waals surface area contributed by atoms with Crippen molar-refractivity contribution in [3.63, 3.8) is 0 Å². The summed E-state index contributed by atoms with van der Waals surface area (Å²) in [6.45, 7) is 2.10. The van der Waals surface area contributed by atoms with Gasteiger partial charge in [-0.25, -0.2) is 9.69 Å². The zero-order valence-electron chi connectivity index (χ0n) is 19.0. The molecule has 0 saturated carbocycles. The van der Waals surface area contributed by atoms with E-state index < -0.39 is 11.6 Å². The summed E-state index contributed by atoms with van der Waals surface area (Å²) in [7, 11) is 1.64. The lowest BCUT2D eigenvalue weighted by molar-refractivity contribution is -0.125. The number of aromatic amines is 1. The zero-order chi connectivity index (χ0) is 24.5. The van der Waals surface area contributed by atoms with E-state index in [1.807, 2.05) is 48.5 Å². The molecule has 3 heterocycles. The second-order valence-corrected chi connectivity index (χ2v) is 9.80. The predicted octanol–water partition coefficient (Wildman–Crippen LogP) is 6.31. The molecule has 2 aliphatic rings. The van der Waals surface area contributed by atoms with E-state index in [0.717, 1.165) is 27.8 Å². The number of nitrogens with one attached hydrogen (secondary N) is 1. The fraction of sp³-hybridized carbons (Fsp3) is 0.185. The first-order chi connectivity index (χ1) is 16.9. The van der Waals surface area contributed by atoms with Crippen molar-refractivity contribution >= 4 is 51.7 Å². The second-order valence-electron chi connectivity index (χ2n) is 8.96. The molecule has 2 aliphatic heterocycles. The molecule has 1 aromatic heterocycles. The van der Waals surface area contributed by atoms with Gasteiger partial charge in [0.05, 0.1) is 23.5 Å². The topological polar surface area (TPSA) is 65.6 Å². The van der Waals surface area contributed by atoms with Crippen LogP contribution in [0.4, 0.5) is 10.5 Å². The van der Waals surface area contributed by atoms with Gasteiger partial charge in [-0.15, -0.1) is 0 Å². The summed E-state index contributed by atoms with van der Waals surface area (Å²) < 4.78 is 5.68. The number of benzene rings is 3. The van der Waals surface area contributed by atoms with Crippen molar-refractivity contribution in [1.29, 1.82) is 0 Å². The Kier molecular flexibility index (Phi) is 4.88. The third-order valence-corrected chi connectivity index (χ3v) is 7.73. The lowest BCUT2D eigenvalue weighted by atomic mass is 9.78. The first kappa shape index (κ1) is 22.0. The lowest BCUT2D eigenvalue weighted by Crippen LogP contribution is -2.50. The second kappa shape index (κ2) is 7.77. The maximum absolute atomic E-state index is 14.0. The largest absolute Gasteiger partial charge is 0.496 e. The van der Waals surface area contributed by atoms with Gasteiger partial charge in [0.25, 0.3) is 5.91 Å². The summed E-state index contributed by atoms with van der Waals surface area (Å²) in [6.07, 6.45) is 0. The van der Waals surface area contributed by atoms with Gasteiger partial charge in [-0.05, 0) is 42.8 Å². The highest BCUT2D eigenvalue weighted by molar-refractivity contribution is 6.38. The van der Waals surface area contributed by atoms with E-state index in [-0.39, 0.29) is 16.8 Å². The van der Waals surface area contributed by atoms with Crippen molar-refractivity contribution in [2.45, 2.75) is 18.4 Å². The Morgan fingerprint density at radius 1 is 1.03 bits per heavy atom.